The van der Waals surface area contributed by atoms with Gasteiger partial charge in [-0.3, -0.25) is 4.90 Å². The minimum absolute atomic E-state index is 0.0889. The molecule has 0 radical (unpaired) electrons. The predicted octanol–water partition coefficient (Wildman–Crippen LogP) is 2.14. The lowest BCUT2D eigenvalue weighted by molar-refractivity contribution is -0.0344. The first-order chi connectivity index (χ1) is 6.58. The standard InChI is InChI=1S/C10H19F2NO/c1-8(2)14-9-3-5-13(6-4-9)7-10(11)12/h8-10H,3-7H2,1-2H3. The van der Waals surface area contributed by atoms with Crippen LogP contribution in [-0.2, 0) is 4.74 Å². The first kappa shape index (κ1) is 11.9. The van der Waals surface area contributed by atoms with Crippen molar-refractivity contribution in [3.05, 3.63) is 0 Å². The number of piperidine rings is 1. The van der Waals surface area contributed by atoms with Gasteiger partial charge in [-0.2, -0.15) is 0 Å². The second kappa shape index (κ2) is 5.61. The highest BCUT2D eigenvalue weighted by Crippen LogP contribution is 2.15. The summed E-state index contributed by atoms with van der Waals surface area (Å²) in [5.41, 5.74) is 0. The van der Waals surface area contributed by atoms with E-state index in [4.69, 9.17) is 4.74 Å². The fraction of sp³-hybridized carbons (Fsp3) is 1.00. The monoisotopic (exact) mass is 207 g/mol. The number of halogens is 2. The van der Waals surface area contributed by atoms with Crippen LogP contribution in [0.25, 0.3) is 0 Å². The van der Waals surface area contributed by atoms with Crippen LogP contribution >= 0.6 is 0 Å². The van der Waals surface area contributed by atoms with Gasteiger partial charge in [-0.05, 0) is 26.7 Å². The summed E-state index contributed by atoms with van der Waals surface area (Å²) < 4.78 is 29.7. The highest BCUT2D eigenvalue weighted by molar-refractivity contribution is 4.73. The van der Waals surface area contributed by atoms with Crippen molar-refractivity contribution >= 4 is 0 Å². The van der Waals surface area contributed by atoms with Crippen molar-refractivity contribution in [3.8, 4) is 0 Å². The zero-order chi connectivity index (χ0) is 10.6. The maximum absolute atomic E-state index is 12.1. The summed E-state index contributed by atoms with van der Waals surface area (Å²) in [4.78, 5) is 1.81. The van der Waals surface area contributed by atoms with Gasteiger partial charge in [-0.15, -0.1) is 0 Å². The summed E-state index contributed by atoms with van der Waals surface area (Å²) in [6, 6.07) is 0. The van der Waals surface area contributed by atoms with Crippen LogP contribution in [0, 0.1) is 0 Å². The zero-order valence-electron chi connectivity index (χ0n) is 8.88. The van der Waals surface area contributed by atoms with Crippen LogP contribution in [0.15, 0.2) is 0 Å². The fourth-order valence-corrected chi connectivity index (χ4v) is 1.81. The lowest BCUT2D eigenvalue weighted by Crippen LogP contribution is -2.40. The number of hydrogen-bond donors (Lipinski definition) is 0. The maximum Gasteiger partial charge on any atom is 0.251 e. The molecule has 1 saturated heterocycles. The third kappa shape index (κ3) is 4.33. The van der Waals surface area contributed by atoms with E-state index in [9.17, 15) is 8.78 Å². The molecule has 4 heteroatoms. The summed E-state index contributed by atoms with van der Waals surface area (Å²) in [5.74, 6) is 0. The number of alkyl halides is 2. The molecule has 0 aliphatic carbocycles. The third-order valence-corrected chi connectivity index (χ3v) is 2.40. The molecule has 0 aromatic heterocycles. The first-order valence-corrected chi connectivity index (χ1v) is 5.24. The van der Waals surface area contributed by atoms with E-state index < -0.39 is 6.43 Å². The van der Waals surface area contributed by atoms with Gasteiger partial charge in [0.05, 0.1) is 18.8 Å². The van der Waals surface area contributed by atoms with Crippen molar-refractivity contribution in [2.24, 2.45) is 0 Å². The van der Waals surface area contributed by atoms with Gasteiger partial charge in [0.1, 0.15) is 0 Å². The summed E-state index contributed by atoms with van der Waals surface area (Å²) in [5, 5.41) is 0. The van der Waals surface area contributed by atoms with E-state index in [-0.39, 0.29) is 18.8 Å². The molecule has 0 spiro atoms. The number of hydrogen-bond acceptors (Lipinski definition) is 2. The van der Waals surface area contributed by atoms with Crippen LogP contribution in [-0.4, -0.2) is 43.2 Å². The molecular weight excluding hydrogens is 188 g/mol. The molecule has 1 fully saturated rings. The molecule has 0 unspecified atom stereocenters. The second-order valence-electron chi connectivity index (χ2n) is 4.08. The average molecular weight is 207 g/mol. The van der Waals surface area contributed by atoms with Crippen LogP contribution in [0.1, 0.15) is 26.7 Å². The van der Waals surface area contributed by atoms with E-state index in [2.05, 4.69) is 0 Å². The second-order valence-corrected chi connectivity index (χ2v) is 4.08. The molecule has 0 aromatic carbocycles. The Balaban J connectivity index is 2.17. The zero-order valence-corrected chi connectivity index (χ0v) is 8.88. The predicted molar refractivity (Wildman–Crippen MR) is 51.7 cm³/mol. The molecule has 84 valence electrons. The molecule has 1 aliphatic rings. The lowest BCUT2D eigenvalue weighted by Gasteiger charge is -2.32. The normalized spacial score (nSPS) is 21.0. The molecule has 0 N–H and O–H groups in total. The molecule has 0 amide bonds. The summed E-state index contributed by atoms with van der Waals surface area (Å²) in [6.45, 7) is 5.40. The van der Waals surface area contributed by atoms with Crippen LogP contribution in [0.5, 0.6) is 0 Å². The SMILES string of the molecule is CC(C)OC1CCN(CC(F)F)CC1. The van der Waals surface area contributed by atoms with Crippen molar-refractivity contribution in [3.63, 3.8) is 0 Å². The molecule has 0 bridgehead atoms. The summed E-state index contributed by atoms with van der Waals surface area (Å²) in [6.07, 6.45) is 0.0543. The van der Waals surface area contributed by atoms with E-state index in [1.165, 1.54) is 0 Å². The van der Waals surface area contributed by atoms with Gasteiger partial charge < -0.3 is 4.74 Å². The minimum Gasteiger partial charge on any atom is -0.375 e. The fourth-order valence-electron chi connectivity index (χ4n) is 1.81. The Labute approximate surface area is 84.2 Å². The quantitative estimate of drug-likeness (QED) is 0.700. The smallest absolute Gasteiger partial charge is 0.251 e. The molecule has 0 atom stereocenters. The highest BCUT2D eigenvalue weighted by atomic mass is 19.3. The van der Waals surface area contributed by atoms with Gasteiger partial charge in [0, 0.05) is 13.1 Å². The molecule has 1 aliphatic heterocycles. The molecule has 1 rings (SSSR count). The third-order valence-electron chi connectivity index (χ3n) is 2.40. The van der Waals surface area contributed by atoms with E-state index in [0.717, 1.165) is 25.9 Å². The Morgan fingerprint density at radius 2 is 1.86 bits per heavy atom. The molecule has 14 heavy (non-hydrogen) atoms. The first-order valence-electron chi connectivity index (χ1n) is 5.24. The molecule has 2 nitrogen and oxygen atoms in total. The number of likely N-dealkylation sites (tertiary alicyclic amines) is 1. The Hall–Kier alpha value is -0.220. The molecule has 0 aromatic rings. The molecular formula is C10H19F2NO. The van der Waals surface area contributed by atoms with Crippen LogP contribution in [0.3, 0.4) is 0 Å². The number of ether oxygens (including phenoxy) is 1. The van der Waals surface area contributed by atoms with Crippen LogP contribution < -0.4 is 0 Å². The highest BCUT2D eigenvalue weighted by Gasteiger charge is 2.22. The Morgan fingerprint density at radius 3 is 2.29 bits per heavy atom. The molecule has 0 saturated carbocycles. The van der Waals surface area contributed by atoms with Gasteiger partial charge in [-0.1, -0.05) is 0 Å². The maximum atomic E-state index is 12.1. The van der Waals surface area contributed by atoms with Crippen LogP contribution in [0.2, 0.25) is 0 Å². The van der Waals surface area contributed by atoms with E-state index in [1.54, 1.807) is 0 Å². The van der Waals surface area contributed by atoms with Crippen molar-refractivity contribution in [2.45, 2.75) is 45.3 Å². The van der Waals surface area contributed by atoms with Crippen LogP contribution in [0.4, 0.5) is 8.78 Å². The number of rotatable bonds is 4. The van der Waals surface area contributed by atoms with Crippen molar-refractivity contribution in [1.82, 2.24) is 4.90 Å². The van der Waals surface area contributed by atoms with E-state index >= 15 is 0 Å². The number of nitrogens with zero attached hydrogens (tertiary/aromatic N) is 1. The largest absolute Gasteiger partial charge is 0.375 e. The van der Waals surface area contributed by atoms with Crippen molar-refractivity contribution in [1.29, 1.82) is 0 Å². The van der Waals surface area contributed by atoms with Gasteiger partial charge in [0.15, 0.2) is 0 Å². The van der Waals surface area contributed by atoms with E-state index in [0.29, 0.717) is 0 Å². The van der Waals surface area contributed by atoms with E-state index in [1.807, 2.05) is 18.7 Å². The Kier molecular flexibility index (Phi) is 4.75. The summed E-state index contributed by atoms with van der Waals surface area (Å²) >= 11 is 0. The minimum atomic E-state index is -2.21. The van der Waals surface area contributed by atoms with Crippen molar-refractivity contribution < 1.29 is 13.5 Å². The topological polar surface area (TPSA) is 12.5 Å². The average Bonchev–Trinajstić information content (AvgIpc) is 2.06. The summed E-state index contributed by atoms with van der Waals surface area (Å²) in [7, 11) is 0. The van der Waals surface area contributed by atoms with Gasteiger partial charge in [-0.25, -0.2) is 8.78 Å². The Morgan fingerprint density at radius 1 is 1.29 bits per heavy atom. The lowest BCUT2D eigenvalue weighted by atomic mass is 10.1. The van der Waals surface area contributed by atoms with Crippen molar-refractivity contribution in [2.75, 3.05) is 19.6 Å². The molecule has 1 heterocycles. The van der Waals surface area contributed by atoms with Gasteiger partial charge in [0.2, 0.25) is 0 Å². The van der Waals surface area contributed by atoms with Gasteiger partial charge >= 0.3 is 0 Å². The van der Waals surface area contributed by atoms with Gasteiger partial charge in [0.25, 0.3) is 6.43 Å². The Bertz CT molecular complexity index is 138.